The second-order valence-corrected chi connectivity index (χ2v) is 7.35. The molecule has 7 heteroatoms. The van der Waals surface area contributed by atoms with Gasteiger partial charge in [0.05, 0.1) is 21.5 Å². The van der Waals surface area contributed by atoms with Crippen LogP contribution in [0.3, 0.4) is 0 Å². The first kappa shape index (κ1) is 17.1. The Morgan fingerprint density at radius 3 is 2.23 bits per heavy atom. The molecule has 0 aliphatic heterocycles. The highest BCUT2D eigenvalue weighted by molar-refractivity contribution is 7.92. The maximum absolute atomic E-state index is 13.0. The normalized spacial score (nSPS) is 11.5. The van der Waals surface area contributed by atoms with Crippen molar-refractivity contribution in [2.45, 2.75) is 12.7 Å². The molecule has 2 aromatic rings. The molecule has 0 radical (unpaired) electrons. The van der Waals surface area contributed by atoms with Crippen molar-refractivity contribution in [3.05, 3.63) is 63.9 Å². The molecule has 0 heterocycles. The third-order valence-electron chi connectivity index (χ3n) is 3.07. The van der Waals surface area contributed by atoms with Gasteiger partial charge in [0.15, 0.2) is 0 Å². The maximum Gasteiger partial charge on any atom is 0.239 e. The molecule has 0 unspecified atom stereocenters. The van der Waals surface area contributed by atoms with Gasteiger partial charge in [-0.15, -0.1) is 0 Å². The van der Waals surface area contributed by atoms with Crippen LogP contribution >= 0.6 is 23.2 Å². The van der Waals surface area contributed by atoms with Crippen LogP contribution in [0.15, 0.2) is 42.5 Å². The van der Waals surface area contributed by atoms with Crippen molar-refractivity contribution in [3.63, 3.8) is 0 Å². The van der Waals surface area contributed by atoms with Crippen LogP contribution in [-0.2, 0) is 15.8 Å². The van der Waals surface area contributed by atoms with Crippen LogP contribution in [0.4, 0.5) is 10.1 Å². The van der Waals surface area contributed by atoms with Crippen molar-refractivity contribution in [2.75, 3.05) is 10.8 Å². The zero-order valence-electron chi connectivity index (χ0n) is 11.8. The van der Waals surface area contributed by atoms with E-state index in [0.29, 0.717) is 21.3 Å². The molecule has 0 atom stereocenters. The van der Waals surface area contributed by atoms with Gasteiger partial charge in [-0.2, -0.15) is 0 Å². The first-order chi connectivity index (χ1) is 10.3. The van der Waals surface area contributed by atoms with E-state index in [-0.39, 0.29) is 12.3 Å². The molecule has 0 N–H and O–H groups in total. The second kappa shape index (κ2) is 6.86. The third-order valence-corrected chi connectivity index (χ3v) is 5.65. The van der Waals surface area contributed by atoms with Crippen LogP contribution in [0.1, 0.15) is 12.5 Å². The fraction of sp³-hybridized carbons (Fsp3) is 0.200. The zero-order chi connectivity index (χ0) is 16.3. The highest BCUT2D eigenvalue weighted by Gasteiger charge is 2.22. The lowest BCUT2D eigenvalue weighted by Gasteiger charge is -2.23. The minimum atomic E-state index is -3.61. The van der Waals surface area contributed by atoms with Gasteiger partial charge in [0, 0.05) is 6.54 Å². The van der Waals surface area contributed by atoms with Gasteiger partial charge in [0.25, 0.3) is 0 Å². The Bertz CT molecular complexity index is 764. The molecule has 2 rings (SSSR count). The summed E-state index contributed by atoms with van der Waals surface area (Å²) in [6.45, 7) is 1.96. The Kier molecular flexibility index (Phi) is 5.32. The molecular weight excluding hydrogens is 348 g/mol. The van der Waals surface area contributed by atoms with Crippen LogP contribution in [-0.4, -0.2) is 15.0 Å². The van der Waals surface area contributed by atoms with Crippen LogP contribution < -0.4 is 4.31 Å². The molecule has 0 spiro atoms. The average Bonchev–Trinajstić information content (AvgIpc) is 2.45. The van der Waals surface area contributed by atoms with E-state index in [9.17, 15) is 12.8 Å². The van der Waals surface area contributed by atoms with Crippen molar-refractivity contribution in [2.24, 2.45) is 0 Å². The Hall–Kier alpha value is -1.30. The molecule has 0 fully saturated rings. The number of hydrogen-bond donors (Lipinski definition) is 0. The summed E-state index contributed by atoms with van der Waals surface area (Å²) in [7, 11) is -3.61. The van der Waals surface area contributed by atoms with Gasteiger partial charge < -0.3 is 0 Å². The SMILES string of the molecule is CCN(c1ccc(F)cc1)S(=O)(=O)Cc1ccc(Cl)c(Cl)c1. The van der Waals surface area contributed by atoms with Crippen molar-refractivity contribution in [1.29, 1.82) is 0 Å². The standard InChI is InChI=1S/C15H14Cl2FNO2S/c1-2-19(13-6-4-12(18)5-7-13)22(20,21)10-11-3-8-14(16)15(17)9-11/h3-9H,2,10H2,1H3. The van der Waals surface area contributed by atoms with Crippen molar-refractivity contribution >= 4 is 38.9 Å². The van der Waals surface area contributed by atoms with Gasteiger partial charge in [0.1, 0.15) is 5.82 Å². The Labute approximate surface area is 139 Å². The van der Waals surface area contributed by atoms with Gasteiger partial charge in [0.2, 0.25) is 10.0 Å². The molecule has 0 aromatic heterocycles. The van der Waals surface area contributed by atoms with Crippen molar-refractivity contribution in [3.8, 4) is 0 Å². The number of nitrogens with zero attached hydrogens (tertiary/aromatic N) is 1. The summed E-state index contributed by atoms with van der Waals surface area (Å²) in [6.07, 6.45) is 0. The number of rotatable bonds is 5. The lowest BCUT2D eigenvalue weighted by Crippen LogP contribution is -2.31. The van der Waals surface area contributed by atoms with E-state index >= 15 is 0 Å². The monoisotopic (exact) mass is 361 g/mol. The van der Waals surface area contributed by atoms with Crippen LogP contribution in [0.5, 0.6) is 0 Å². The summed E-state index contributed by atoms with van der Waals surface area (Å²) in [4.78, 5) is 0. The minimum Gasteiger partial charge on any atom is -0.270 e. The number of benzene rings is 2. The molecule has 118 valence electrons. The molecule has 0 aliphatic carbocycles. The average molecular weight is 362 g/mol. The molecule has 22 heavy (non-hydrogen) atoms. The van der Waals surface area contributed by atoms with E-state index in [0.717, 1.165) is 0 Å². The number of halogens is 3. The lowest BCUT2D eigenvalue weighted by atomic mass is 10.2. The zero-order valence-corrected chi connectivity index (χ0v) is 14.1. The topological polar surface area (TPSA) is 37.4 Å². The van der Waals surface area contributed by atoms with E-state index < -0.39 is 15.8 Å². The van der Waals surface area contributed by atoms with Crippen molar-refractivity contribution < 1.29 is 12.8 Å². The maximum atomic E-state index is 13.0. The van der Waals surface area contributed by atoms with Crippen LogP contribution in [0, 0.1) is 5.82 Å². The van der Waals surface area contributed by atoms with Gasteiger partial charge in [-0.25, -0.2) is 12.8 Å². The highest BCUT2D eigenvalue weighted by Crippen LogP contribution is 2.25. The summed E-state index contributed by atoms with van der Waals surface area (Å²) in [5.41, 5.74) is 0.957. The fourth-order valence-corrected chi connectivity index (χ4v) is 3.98. The molecule has 0 aliphatic rings. The number of anilines is 1. The molecule has 0 saturated heterocycles. The minimum absolute atomic E-state index is 0.213. The van der Waals surface area contributed by atoms with E-state index in [1.807, 2.05) is 0 Å². The Balaban J connectivity index is 2.30. The predicted octanol–water partition coefficient (Wildman–Crippen LogP) is 4.49. The van der Waals surface area contributed by atoms with Gasteiger partial charge in [-0.1, -0.05) is 29.3 Å². The summed E-state index contributed by atoms with van der Waals surface area (Å²) in [6, 6.07) is 10.0. The quantitative estimate of drug-likeness (QED) is 0.786. The highest BCUT2D eigenvalue weighted by atomic mass is 35.5. The summed E-state index contributed by atoms with van der Waals surface area (Å²) in [5, 5.41) is 0.674. The second-order valence-electron chi connectivity index (χ2n) is 4.65. The first-order valence-electron chi connectivity index (χ1n) is 6.53. The molecular formula is C15H14Cl2FNO2S. The van der Waals surface area contributed by atoms with Crippen LogP contribution in [0.25, 0.3) is 0 Å². The van der Waals surface area contributed by atoms with E-state index in [4.69, 9.17) is 23.2 Å². The fourth-order valence-electron chi connectivity index (χ4n) is 2.07. The number of hydrogen-bond acceptors (Lipinski definition) is 2. The van der Waals surface area contributed by atoms with E-state index in [1.54, 1.807) is 19.1 Å². The largest absolute Gasteiger partial charge is 0.270 e. The van der Waals surface area contributed by atoms with E-state index in [1.165, 1.54) is 34.6 Å². The van der Waals surface area contributed by atoms with Crippen LogP contribution in [0.2, 0.25) is 10.0 Å². The molecule has 0 amide bonds. The number of sulfonamides is 1. The molecule has 2 aromatic carbocycles. The van der Waals surface area contributed by atoms with Gasteiger partial charge in [-0.05, 0) is 48.9 Å². The Morgan fingerprint density at radius 1 is 1.05 bits per heavy atom. The molecule has 0 saturated carbocycles. The summed E-state index contributed by atoms with van der Waals surface area (Å²) in [5.74, 6) is -0.628. The van der Waals surface area contributed by atoms with Crippen molar-refractivity contribution in [1.82, 2.24) is 0 Å². The van der Waals surface area contributed by atoms with Gasteiger partial charge in [-0.3, -0.25) is 4.31 Å². The Morgan fingerprint density at radius 2 is 1.68 bits per heavy atom. The third kappa shape index (κ3) is 3.91. The predicted molar refractivity (Wildman–Crippen MR) is 88.5 cm³/mol. The van der Waals surface area contributed by atoms with Gasteiger partial charge >= 0.3 is 0 Å². The summed E-state index contributed by atoms with van der Waals surface area (Å²) >= 11 is 11.7. The first-order valence-corrected chi connectivity index (χ1v) is 8.90. The summed E-state index contributed by atoms with van der Waals surface area (Å²) < 4.78 is 39.4. The smallest absolute Gasteiger partial charge is 0.239 e. The molecule has 0 bridgehead atoms. The molecule has 3 nitrogen and oxygen atoms in total. The lowest BCUT2D eigenvalue weighted by molar-refractivity contribution is 0.590. The van der Waals surface area contributed by atoms with E-state index in [2.05, 4.69) is 0 Å².